The Balaban J connectivity index is 1.48. The van der Waals surface area contributed by atoms with E-state index in [4.69, 9.17) is 25.8 Å². The average molecular weight is 705 g/mol. The monoisotopic (exact) mass is 704 g/mol. The van der Waals surface area contributed by atoms with E-state index in [9.17, 15) is 9.32 Å². The summed E-state index contributed by atoms with van der Waals surface area (Å²) in [6.45, 7) is 7.44. The van der Waals surface area contributed by atoms with Gasteiger partial charge >= 0.3 is 0 Å². The Kier molecular flexibility index (Phi) is 13.4. The zero-order chi connectivity index (χ0) is 34.8. The lowest BCUT2D eigenvalue weighted by molar-refractivity contribution is 0.216. The molecule has 49 heavy (non-hydrogen) atoms. The fourth-order valence-corrected chi connectivity index (χ4v) is 7.82. The lowest BCUT2D eigenvalue weighted by Gasteiger charge is -2.29. The number of methoxy groups -OCH3 is 2. The first kappa shape index (κ1) is 36.7. The first-order valence-corrected chi connectivity index (χ1v) is 18.7. The van der Waals surface area contributed by atoms with E-state index < -0.39 is 11.0 Å². The lowest BCUT2D eigenvalue weighted by Crippen LogP contribution is -2.31. The summed E-state index contributed by atoms with van der Waals surface area (Å²) in [5, 5.41) is 10.8. The molecule has 7 nitrogen and oxygen atoms in total. The highest BCUT2D eigenvalue weighted by atomic mass is 35.5. The van der Waals surface area contributed by atoms with Crippen molar-refractivity contribution in [3.63, 3.8) is 0 Å². The first-order valence-electron chi connectivity index (χ1n) is 17.2. The van der Waals surface area contributed by atoms with E-state index >= 15 is 0 Å². The Labute approximate surface area is 299 Å². The number of ether oxygens (including phenoxy) is 3. The van der Waals surface area contributed by atoms with Gasteiger partial charge in [0.1, 0.15) is 28.2 Å². The highest BCUT2D eigenvalue weighted by Crippen LogP contribution is 2.38. The van der Waals surface area contributed by atoms with Crippen molar-refractivity contribution < 1.29 is 23.5 Å². The molecule has 0 aromatic heterocycles. The van der Waals surface area contributed by atoms with Crippen LogP contribution in [0.4, 0.5) is 5.69 Å². The van der Waals surface area contributed by atoms with Crippen molar-refractivity contribution in [1.29, 1.82) is 0 Å². The van der Waals surface area contributed by atoms with Gasteiger partial charge in [0.2, 0.25) is 0 Å². The van der Waals surface area contributed by atoms with E-state index in [1.54, 1.807) is 14.2 Å². The number of halogens is 1. The van der Waals surface area contributed by atoms with Gasteiger partial charge < -0.3 is 24.2 Å². The zero-order valence-corrected chi connectivity index (χ0v) is 30.6. The molecule has 0 amide bonds. The maximum absolute atomic E-state index is 14.6. The van der Waals surface area contributed by atoms with Crippen LogP contribution in [0.15, 0.2) is 89.8 Å². The third kappa shape index (κ3) is 9.57. The Morgan fingerprint density at radius 3 is 2.16 bits per heavy atom. The molecule has 262 valence electrons. The second kappa shape index (κ2) is 17.9. The van der Waals surface area contributed by atoms with Crippen molar-refractivity contribution in [3.8, 4) is 17.2 Å². The second-order valence-electron chi connectivity index (χ2n) is 12.7. The normalized spacial score (nSPS) is 15.7. The van der Waals surface area contributed by atoms with Gasteiger partial charge in [0.05, 0.1) is 31.4 Å². The molecule has 0 bridgehead atoms. The molecular formula is C40H49ClN2O5S. The van der Waals surface area contributed by atoms with Crippen molar-refractivity contribution in [2.75, 3.05) is 45.4 Å². The Bertz CT molecular complexity index is 1610. The number of hydrogen-bond acceptors (Lipinski definition) is 6. The van der Waals surface area contributed by atoms with Crippen LogP contribution in [0.1, 0.15) is 61.3 Å². The maximum Gasteiger partial charge on any atom is 0.142 e. The lowest BCUT2D eigenvalue weighted by atomic mass is 9.92. The van der Waals surface area contributed by atoms with Gasteiger partial charge in [0, 0.05) is 43.7 Å². The van der Waals surface area contributed by atoms with Crippen molar-refractivity contribution in [3.05, 3.63) is 112 Å². The van der Waals surface area contributed by atoms with Crippen LogP contribution in [0, 0.1) is 5.92 Å². The average Bonchev–Trinajstić information content (AvgIpc) is 3.31. The highest BCUT2D eigenvalue weighted by Gasteiger charge is 2.28. The predicted octanol–water partition coefficient (Wildman–Crippen LogP) is 8.43. The smallest absolute Gasteiger partial charge is 0.142 e. The summed E-state index contributed by atoms with van der Waals surface area (Å²) in [7, 11) is 1.81. The minimum absolute atomic E-state index is 0.121. The SMILES string of the molecule is CCCc1cc(Cl)ccc1C1COc2ccc(S(=O)N(Cc3ccc(OC)cc3)Cc3ccc(OC)cc3)cc2N(CCC(CC)CO)C1. The molecule has 4 aromatic carbocycles. The Morgan fingerprint density at radius 2 is 1.59 bits per heavy atom. The van der Waals surface area contributed by atoms with E-state index in [1.165, 1.54) is 11.1 Å². The number of fused-ring (bicyclic) bond motifs is 1. The number of benzene rings is 4. The van der Waals surface area contributed by atoms with E-state index in [0.29, 0.717) is 24.6 Å². The predicted molar refractivity (Wildman–Crippen MR) is 199 cm³/mol. The van der Waals surface area contributed by atoms with Crippen LogP contribution in [0.25, 0.3) is 0 Å². The minimum Gasteiger partial charge on any atom is -0.497 e. The molecule has 9 heteroatoms. The van der Waals surface area contributed by atoms with Gasteiger partial charge in [0.25, 0.3) is 0 Å². The molecule has 1 heterocycles. The molecule has 3 unspecified atom stereocenters. The molecule has 1 aliphatic rings. The standard InChI is InChI=1S/C40H49ClN2O5S/c1-5-7-32-22-34(41)12-18-38(32)33-26-42(21-20-29(6-2)27-44)39-23-37(17-19-40(39)48-28-33)49(45)43(24-30-8-13-35(46-3)14-9-30)25-31-10-15-36(47-4)16-11-31/h8-19,22-23,29,33,44H,5-7,20-21,24-28H2,1-4H3. The summed E-state index contributed by atoms with van der Waals surface area (Å²) in [5.41, 5.74) is 5.51. The molecule has 1 aliphatic heterocycles. The maximum atomic E-state index is 14.6. The van der Waals surface area contributed by atoms with Crippen LogP contribution in [0.2, 0.25) is 5.02 Å². The molecule has 0 saturated heterocycles. The largest absolute Gasteiger partial charge is 0.497 e. The molecule has 3 atom stereocenters. The van der Waals surface area contributed by atoms with Gasteiger partial charge in [-0.2, -0.15) is 0 Å². The highest BCUT2D eigenvalue weighted by molar-refractivity contribution is 7.82. The molecular weight excluding hydrogens is 656 g/mol. The van der Waals surface area contributed by atoms with Gasteiger partial charge in [0.15, 0.2) is 0 Å². The minimum atomic E-state index is -1.49. The molecule has 0 radical (unpaired) electrons. The second-order valence-corrected chi connectivity index (χ2v) is 14.6. The number of nitrogens with zero attached hydrogens (tertiary/aromatic N) is 2. The van der Waals surface area contributed by atoms with Gasteiger partial charge in [-0.25, -0.2) is 8.51 Å². The third-order valence-electron chi connectivity index (χ3n) is 9.33. The summed E-state index contributed by atoms with van der Waals surface area (Å²) in [5.74, 6) is 2.67. The van der Waals surface area contributed by atoms with E-state index in [1.807, 2.05) is 77.1 Å². The van der Waals surface area contributed by atoms with Crippen LogP contribution >= 0.6 is 11.6 Å². The topological polar surface area (TPSA) is 71.5 Å². The molecule has 0 saturated carbocycles. The summed E-state index contributed by atoms with van der Waals surface area (Å²) < 4.78 is 33.8. The first-order chi connectivity index (χ1) is 23.8. The zero-order valence-electron chi connectivity index (χ0n) is 29.1. The van der Waals surface area contributed by atoms with Crippen LogP contribution in [0.5, 0.6) is 17.2 Å². The van der Waals surface area contributed by atoms with Gasteiger partial charge in [-0.15, -0.1) is 0 Å². The quantitative estimate of drug-likeness (QED) is 0.126. The number of aryl methyl sites for hydroxylation is 1. The number of anilines is 1. The molecule has 4 aromatic rings. The molecule has 1 N–H and O–H groups in total. The van der Waals surface area contributed by atoms with Crippen molar-refractivity contribution >= 4 is 28.3 Å². The van der Waals surface area contributed by atoms with Crippen molar-refractivity contribution in [2.24, 2.45) is 5.92 Å². The van der Waals surface area contributed by atoms with Gasteiger partial charge in [-0.3, -0.25) is 0 Å². The summed E-state index contributed by atoms with van der Waals surface area (Å²) >= 11 is 6.43. The molecule has 0 spiro atoms. The third-order valence-corrected chi connectivity index (χ3v) is 11.0. The van der Waals surface area contributed by atoms with Crippen LogP contribution in [-0.4, -0.2) is 54.1 Å². The summed E-state index contributed by atoms with van der Waals surface area (Å²) in [6.07, 6.45) is 3.72. The molecule has 0 fully saturated rings. The molecule has 5 rings (SSSR count). The van der Waals surface area contributed by atoms with Crippen molar-refractivity contribution in [2.45, 2.75) is 63.4 Å². The number of aliphatic hydroxyl groups excluding tert-OH is 1. The number of hydrogen-bond donors (Lipinski definition) is 1. The van der Waals surface area contributed by atoms with E-state index in [0.717, 1.165) is 77.9 Å². The summed E-state index contributed by atoms with van der Waals surface area (Å²) in [6, 6.07) is 27.9. The number of aliphatic hydroxyl groups is 1. The Morgan fingerprint density at radius 1 is 0.939 bits per heavy atom. The fraction of sp³-hybridized carbons (Fsp3) is 0.400. The Hall–Kier alpha value is -3.56. The van der Waals surface area contributed by atoms with Crippen LogP contribution in [-0.2, 0) is 30.5 Å². The van der Waals surface area contributed by atoms with Crippen LogP contribution < -0.4 is 19.1 Å². The van der Waals surface area contributed by atoms with Gasteiger partial charge in [-0.1, -0.05) is 68.6 Å². The van der Waals surface area contributed by atoms with Gasteiger partial charge in [-0.05, 0) is 95.6 Å². The van der Waals surface area contributed by atoms with E-state index in [-0.39, 0.29) is 18.4 Å². The fourth-order valence-electron chi connectivity index (χ4n) is 6.40. The van der Waals surface area contributed by atoms with Crippen molar-refractivity contribution in [1.82, 2.24) is 4.31 Å². The van der Waals surface area contributed by atoms with E-state index in [2.05, 4.69) is 30.9 Å². The molecule has 0 aliphatic carbocycles. The number of rotatable bonds is 16. The van der Waals surface area contributed by atoms with Crippen LogP contribution in [0.3, 0.4) is 0 Å². The summed E-state index contributed by atoms with van der Waals surface area (Å²) in [4.78, 5) is 3.08.